The molecule has 0 heterocycles. The summed E-state index contributed by atoms with van der Waals surface area (Å²) in [6.07, 6.45) is -1.27. The van der Waals surface area contributed by atoms with E-state index in [4.69, 9.17) is 10.5 Å². The largest absolute Gasteiger partial charge is 0.478 e. The van der Waals surface area contributed by atoms with Gasteiger partial charge < -0.3 is 15.8 Å². The minimum absolute atomic E-state index is 0.0181. The molecule has 0 aliphatic rings. The Hall–Kier alpha value is -1.72. The summed E-state index contributed by atoms with van der Waals surface area (Å²) in [7, 11) is 0. The molecule has 4 nitrogen and oxygen atoms in total. The van der Waals surface area contributed by atoms with Gasteiger partial charge in [-0.1, -0.05) is 6.08 Å². The number of allylic oxidation sites excluding steroid dienone is 1. The lowest BCUT2D eigenvalue weighted by Gasteiger charge is -2.09. The van der Waals surface area contributed by atoms with Crippen LogP contribution in [-0.2, 0) is 4.79 Å². The van der Waals surface area contributed by atoms with Crippen molar-refractivity contribution in [3.05, 3.63) is 23.9 Å². The second-order valence-electron chi connectivity index (χ2n) is 2.25. The highest BCUT2D eigenvalue weighted by molar-refractivity contribution is 6.08. The zero-order chi connectivity index (χ0) is 11.1. The van der Waals surface area contributed by atoms with Crippen molar-refractivity contribution in [2.75, 3.05) is 6.54 Å². The van der Waals surface area contributed by atoms with Crippen molar-refractivity contribution < 1.29 is 18.7 Å². The van der Waals surface area contributed by atoms with Gasteiger partial charge in [0.15, 0.2) is 0 Å². The van der Waals surface area contributed by atoms with E-state index in [0.717, 1.165) is 0 Å². The molecule has 0 unspecified atom stereocenters. The fraction of sp³-hybridized carbons (Fsp3) is 0.250. The van der Waals surface area contributed by atoms with E-state index in [0.29, 0.717) is 6.21 Å². The molecule has 0 fully saturated rings. The first-order chi connectivity index (χ1) is 6.54. The van der Waals surface area contributed by atoms with Crippen LogP contribution in [0.2, 0.25) is 0 Å². The number of hydrogen-bond acceptors (Lipinski definition) is 3. The Balaban J connectivity index is 4.98. The highest BCUT2D eigenvalue weighted by Gasteiger charge is 2.19. The molecule has 14 heavy (non-hydrogen) atoms. The Morgan fingerprint density at radius 3 is 2.50 bits per heavy atom. The van der Waals surface area contributed by atoms with E-state index in [1.54, 1.807) is 0 Å². The van der Waals surface area contributed by atoms with Gasteiger partial charge in [-0.3, -0.25) is 0 Å². The number of rotatable bonds is 6. The van der Waals surface area contributed by atoms with Crippen LogP contribution >= 0.6 is 0 Å². The third kappa shape index (κ3) is 3.34. The minimum atomic E-state index is -2.96. The van der Waals surface area contributed by atoms with Crippen LogP contribution in [0.5, 0.6) is 0 Å². The van der Waals surface area contributed by atoms with Gasteiger partial charge in [0.2, 0.25) is 0 Å². The van der Waals surface area contributed by atoms with Gasteiger partial charge in [-0.15, -0.1) is 6.58 Å². The van der Waals surface area contributed by atoms with Crippen molar-refractivity contribution in [3.63, 3.8) is 0 Å². The van der Waals surface area contributed by atoms with Crippen molar-refractivity contribution in [2.24, 2.45) is 0 Å². The average molecular weight is 204 g/mol. The first-order valence-electron chi connectivity index (χ1n) is 3.65. The summed E-state index contributed by atoms with van der Waals surface area (Å²) < 4.78 is 24.6. The van der Waals surface area contributed by atoms with E-state index in [-0.39, 0.29) is 6.54 Å². The van der Waals surface area contributed by atoms with Crippen LogP contribution in [0, 0.1) is 5.41 Å². The quantitative estimate of drug-likeness (QED) is 0.343. The number of carboxylic acids is 1. The SMILES string of the molecule is C=CCN/C(=C(\C=N)C(=O)O)C(F)F. The summed E-state index contributed by atoms with van der Waals surface area (Å²) in [6, 6.07) is 0. The molecule has 0 bridgehead atoms. The number of hydrogen-bond donors (Lipinski definition) is 3. The fourth-order valence-electron chi connectivity index (χ4n) is 0.727. The lowest BCUT2D eigenvalue weighted by atomic mass is 10.2. The van der Waals surface area contributed by atoms with Crippen molar-refractivity contribution in [3.8, 4) is 0 Å². The maximum Gasteiger partial charge on any atom is 0.339 e. The predicted molar refractivity (Wildman–Crippen MR) is 47.6 cm³/mol. The van der Waals surface area contributed by atoms with Crippen LogP contribution in [0.25, 0.3) is 0 Å². The Morgan fingerprint density at radius 2 is 2.21 bits per heavy atom. The normalized spacial score (nSPS) is 11.9. The summed E-state index contributed by atoms with van der Waals surface area (Å²) in [5, 5.41) is 17.4. The van der Waals surface area contributed by atoms with Gasteiger partial charge >= 0.3 is 5.97 Å². The van der Waals surface area contributed by atoms with Crippen molar-refractivity contribution in [2.45, 2.75) is 6.43 Å². The number of aliphatic carboxylic acids is 1. The molecule has 0 atom stereocenters. The third-order valence-electron chi connectivity index (χ3n) is 1.32. The van der Waals surface area contributed by atoms with Crippen molar-refractivity contribution >= 4 is 12.2 Å². The van der Waals surface area contributed by atoms with Crippen LogP contribution in [-0.4, -0.2) is 30.3 Å². The Bertz CT molecular complexity index is 275. The third-order valence-corrected chi connectivity index (χ3v) is 1.32. The fourth-order valence-corrected chi connectivity index (χ4v) is 0.727. The van der Waals surface area contributed by atoms with Gasteiger partial charge in [0, 0.05) is 12.8 Å². The van der Waals surface area contributed by atoms with E-state index in [2.05, 4.69) is 11.9 Å². The molecule has 0 saturated carbocycles. The average Bonchev–Trinajstić information content (AvgIpc) is 2.10. The molecule has 0 aromatic heterocycles. The van der Waals surface area contributed by atoms with E-state index in [1.165, 1.54) is 6.08 Å². The number of carboxylic acid groups (broad SMARTS) is 1. The number of alkyl halides is 2. The maximum absolute atomic E-state index is 12.3. The molecule has 6 heteroatoms. The van der Waals surface area contributed by atoms with Gasteiger partial charge in [-0.2, -0.15) is 0 Å². The molecule has 0 aliphatic carbocycles. The number of carbonyl (C=O) groups is 1. The molecule has 0 amide bonds. The van der Waals surface area contributed by atoms with E-state index in [9.17, 15) is 13.6 Å². The molecule has 0 aromatic rings. The molecule has 0 aliphatic heterocycles. The highest BCUT2D eigenvalue weighted by Crippen LogP contribution is 2.10. The van der Waals surface area contributed by atoms with Crippen molar-refractivity contribution in [1.29, 1.82) is 5.41 Å². The van der Waals surface area contributed by atoms with E-state index >= 15 is 0 Å². The second kappa shape index (κ2) is 5.85. The molecule has 0 radical (unpaired) electrons. The summed E-state index contributed by atoms with van der Waals surface area (Å²) in [5.74, 6) is -1.56. The summed E-state index contributed by atoms with van der Waals surface area (Å²) in [4.78, 5) is 10.4. The van der Waals surface area contributed by atoms with Gasteiger partial charge in [0.1, 0.15) is 5.57 Å². The Morgan fingerprint density at radius 1 is 1.64 bits per heavy atom. The van der Waals surface area contributed by atoms with E-state index < -0.39 is 23.7 Å². The summed E-state index contributed by atoms with van der Waals surface area (Å²) >= 11 is 0. The maximum atomic E-state index is 12.3. The van der Waals surface area contributed by atoms with E-state index in [1.807, 2.05) is 0 Å². The van der Waals surface area contributed by atoms with Gasteiger partial charge in [0.25, 0.3) is 6.43 Å². The monoisotopic (exact) mass is 204 g/mol. The zero-order valence-corrected chi connectivity index (χ0v) is 7.26. The Labute approximate surface area is 79.4 Å². The number of nitrogens with one attached hydrogen (secondary N) is 2. The lowest BCUT2D eigenvalue weighted by Crippen LogP contribution is -2.24. The molecule has 0 aromatic carbocycles. The first-order valence-corrected chi connectivity index (χ1v) is 3.65. The number of halogens is 2. The molecule has 0 spiro atoms. The first kappa shape index (κ1) is 12.3. The van der Waals surface area contributed by atoms with Gasteiger partial charge in [-0.05, 0) is 0 Å². The zero-order valence-electron chi connectivity index (χ0n) is 7.26. The molecule has 0 rings (SSSR count). The van der Waals surface area contributed by atoms with Crippen LogP contribution < -0.4 is 5.32 Å². The second-order valence-corrected chi connectivity index (χ2v) is 2.25. The standard InChI is InChI=1S/C8H10F2N2O2/c1-2-3-12-6(7(9)10)5(4-11)8(13)14/h2,4,7,11-12H,1,3H2,(H,13,14)/b6-5+,11-4?. The highest BCUT2D eigenvalue weighted by atomic mass is 19.3. The molecule has 78 valence electrons. The van der Waals surface area contributed by atoms with Crippen molar-refractivity contribution in [1.82, 2.24) is 5.32 Å². The molecule has 0 saturated heterocycles. The smallest absolute Gasteiger partial charge is 0.339 e. The Kier molecular flexibility index (Phi) is 5.13. The molecular weight excluding hydrogens is 194 g/mol. The van der Waals surface area contributed by atoms with Gasteiger partial charge in [0.05, 0.1) is 5.70 Å². The lowest BCUT2D eigenvalue weighted by molar-refractivity contribution is -0.132. The summed E-state index contributed by atoms with van der Waals surface area (Å²) in [5.41, 5.74) is -1.52. The van der Waals surface area contributed by atoms with Gasteiger partial charge in [-0.25, -0.2) is 13.6 Å². The minimum Gasteiger partial charge on any atom is -0.478 e. The van der Waals surface area contributed by atoms with Crippen LogP contribution in [0.1, 0.15) is 0 Å². The van der Waals surface area contributed by atoms with Crippen LogP contribution in [0.4, 0.5) is 8.78 Å². The predicted octanol–water partition coefficient (Wildman–Crippen LogP) is 1.02. The molecular formula is C8H10F2N2O2. The molecule has 3 N–H and O–H groups in total. The topological polar surface area (TPSA) is 73.2 Å². The van der Waals surface area contributed by atoms with Crippen LogP contribution in [0.3, 0.4) is 0 Å². The summed E-state index contributed by atoms with van der Waals surface area (Å²) in [6.45, 7) is 3.31. The van der Waals surface area contributed by atoms with Crippen LogP contribution in [0.15, 0.2) is 23.9 Å².